The number of rotatable bonds is 5. The van der Waals surface area contributed by atoms with Crippen molar-refractivity contribution in [2.45, 2.75) is 39.2 Å². The van der Waals surface area contributed by atoms with E-state index in [9.17, 15) is 4.79 Å². The van der Waals surface area contributed by atoms with Gasteiger partial charge in [0.15, 0.2) is 0 Å². The van der Waals surface area contributed by atoms with Gasteiger partial charge in [-0.15, -0.1) is 0 Å². The zero-order valence-electron chi connectivity index (χ0n) is 16.4. The highest BCUT2D eigenvalue weighted by molar-refractivity contribution is 5.95. The number of ether oxygens (including phenoxy) is 2. The van der Waals surface area contributed by atoms with E-state index in [0.717, 1.165) is 42.9 Å². The summed E-state index contributed by atoms with van der Waals surface area (Å²) in [4.78, 5) is 23.6. The molecule has 0 aliphatic carbocycles. The summed E-state index contributed by atoms with van der Waals surface area (Å²) in [5.41, 5.74) is 1.80. The molecule has 1 amide bonds. The highest BCUT2D eigenvalue weighted by Gasteiger charge is 2.28. The van der Waals surface area contributed by atoms with Gasteiger partial charge in [-0.1, -0.05) is 0 Å². The van der Waals surface area contributed by atoms with Crippen molar-refractivity contribution in [3.8, 4) is 11.5 Å². The molecule has 0 radical (unpaired) electrons. The summed E-state index contributed by atoms with van der Waals surface area (Å²) in [6.07, 6.45) is 7.88. The summed E-state index contributed by atoms with van der Waals surface area (Å²) >= 11 is 0. The number of nitrogens with zero attached hydrogens (tertiary/aromatic N) is 3. The second kappa shape index (κ2) is 8.04. The van der Waals surface area contributed by atoms with Gasteiger partial charge in [0.05, 0.1) is 24.4 Å². The molecule has 0 unspecified atom stereocenters. The molecular weight excluding hydrogens is 356 g/mol. The van der Waals surface area contributed by atoms with Gasteiger partial charge in [0, 0.05) is 43.5 Å². The molecule has 7 nitrogen and oxygen atoms in total. The molecule has 2 atom stereocenters. The van der Waals surface area contributed by atoms with Crippen molar-refractivity contribution in [1.29, 1.82) is 0 Å². The number of amides is 1. The van der Waals surface area contributed by atoms with Gasteiger partial charge in [0.2, 0.25) is 5.91 Å². The number of hydrogen-bond acceptors (Lipinski definition) is 6. The first-order chi connectivity index (χ1) is 13.6. The summed E-state index contributed by atoms with van der Waals surface area (Å²) in [7, 11) is 0. The minimum absolute atomic E-state index is 0.000499. The standard InChI is InChI=1S/C21H26N4O3/c1-3-27-19-10-16-9-14(2)28-18(16)11-17(19)24-21(26)15-5-4-8-25(13-15)20-12-22-6-7-23-20/h6-7,10-12,14-15H,3-5,8-9,13H2,1-2H3,(H,24,26)/t14-,15-/m1/s1. The number of benzene rings is 1. The summed E-state index contributed by atoms with van der Waals surface area (Å²) in [6.45, 7) is 6.05. The Bertz CT molecular complexity index is 843. The Kier molecular flexibility index (Phi) is 5.32. The third-order valence-corrected chi connectivity index (χ3v) is 5.22. The van der Waals surface area contributed by atoms with Gasteiger partial charge in [-0.2, -0.15) is 0 Å². The number of carbonyl (C=O) groups is 1. The van der Waals surface area contributed by atoms with Crippen LogP contribution in [0.5, 0.6) is 11.5 Å². The molecule has 1 aromatic carbocycles. The van der Waals surface area contributed by atoms with Crippen molar-refractivity contribution in [2.75, 3.05) is 29.9 Å². The third kappa shape index (κ3) is 3.88. The molecule has 2 aliphatic heterocycles. The van der Waals surface area contributed by atoms with Gasteiger partial charge in [-0.05, 0) is 32.8 Å². The maximum absolute atomic E-state index is 13.0. The molecule has 0 bridgehead atoms. The Morgan fingerprint density at radius 3 is 3.07 bits per heavy atom. The SMILES string of the molecule is CCOc1cc2c(cc1NC(=O)[C@@H]1CCCN(c3cnccn3)C1)O[C@H](C)C2. The topological polar surface area (TPSA) is 76.6 Å². The van der Waals surface area contributed by atoms with Gasteiger partial charge in [0.25, 0.3) is 0 Å². The molecule has 2 aromatic rings. The first kappa shape index (κ1) is 18.5. The van der Waals surface area contributed by atoms with E-state index in [0.29, 0.717) is 24.6 Å². The van der Waals surface area contributed by atoms with Crippen molar-refractivity contribution in [1.82, 2.24) is 9.97 Å². The highest BCUT2D eigenvalue weighted by atomic mass is 16.5. The van der Waals surface area contributed by atoms with Crippen molar-refractivity contribution < 1.29 is 14.3 Å². The fourth-order valence-electron chi connectivity index (χ4n) is 3.90. The Morgan fingerprint density at radius 1 is 1.39 bits per heavy atom. The van der Waals surface area contributed by atoms with Crippen molar-refractivity contribution >= 4 is 17.4 Å². The molecule has 1 saturated heterocycles. The van der Waals surface area contributed by atoms with Crippen LogP contribution >= 0.6 is 0 Å². The second-order valence-corrected chi connectivity index (χ2v) is 7.36. The van der Waals surface area contributed by atoms with E-state index in [1.807, 2.05) is 26.0 Å². The quantitative estimate of drug-likeness (QED) is 0.857. The molecule has 148 valence electrons. The van der Waals surface area contributed by atoms with Crippen LogP contribution in [0.25, 0.3) is 0 Å². The predicted molar refractivity (Wildman–Crippen MR) is 107 cm³/mol. The lowest BCUT2D eigenvalue weighted by atomic mass is 9.97. The van der Waals surface area contributed by atoms with Crippen molar-refractivity contribution in [3.63, 3.8) is 0 Å². The summed E-state index contributed by atoms with van der Waals surface area (Å²) in [5, 5.41) is 3.07. The van der Waals surface area contributed by atoms with E-state index in [1.54, 1.807) is 18.6 Å². The molecule has 1 N–H and O–H groups in total. The Morgan fingerprint density at radius 2 is 2.29 bits per heavy atom. The molecule has 1 fully saturated rings. The van der Waals surface area contributed by atoms with E-state index in [-0.39, 0.29) is 17.9 Å². The Balaban J connectivity index is 1.49. The molecule has 3 heterocycles. The van der Waals surface area contributed by atoms with Crippen LogP contribution in [0.1, 0.15) is 32.3 Å². The molecule has 0 spiro atoms. The van der Waals surface area contributed by atoms with Crippen LogP contribution in [0.3, 0.4) is 0 Å². The first-order valence-electron chi connectivity index (χ1n) is 9.92. The number of piperidine rings is 1. The van der Waals surface area contributed by atoms with E-state index in [4.69, 9.17) is 9.47 Å². The lowest BCUT2D eigenvalue weighted by Crippen LogP contribution is -2.41. The normalized spacial score (nSPS) is 21.0. The second-order valence-electron chi connectivity index (χ2n) is 7.36. The van der Waals surface area contributed by atoms with Crippen LogP contribution in [0.15, 0.2) is 30.7 Å². The van der Waals surface area contributed by atoms with Crippen LogP contribution in [-0.4, -0.2) is 41.7 Å². The fraction of sp³-hybridized carbons (Fsp3) is 0.476. The van der Waals surface area contributed by atoms with Crippen LogP contribution < -0.4 is 19.7 Å². The third-order valence-electron chi connectivity index (χ3n) is 5.22. The smallest absolute Gasteiger partial charge is 0.229 e. The zero-order valence-corrected chi connectivity index (χ0v) is 16.4. The number of carbonyl (C=O) groups excluding carboxylic acids is 1. The first-order valence-corrected chi connectivity index (χ1v) is 9.92. The number of hydrogen-bond donors (Lipinski definition) is 1. The molecule has 2 aliphatic rings. The highest BCUT2D eigenvalue weighted by Crippen LogP contribution is 2.38. The van der Waals surface area contributed by atoms with E-state index >= 15 is 0 Å². The molecule has 28 heavy (non-hydrogen) atoms. The lowest BCUT2D eigenvalue weighted by molar-refractivity contribution is -0.120. The largest absolute Gasteiger partial charge is 0.492 e. The van der Waals surface area contributed by atoms with Gasteiger partial charge in [0.1, 0.15) is 23.4 Å². The fourth-order valence-corrected chi connectivity index (χ4v) is 3.90. The average molecular weight is 382 g/mol. The lowest BCUT2D eigenvalue weighted by Gasteiger charge is -2.32. The molecule has 0 saturated carbocycles. The molecule has 7 heteroatoms. The van der Waals surface area contributed by atoms with Crippen LogP contribution in [0.4, 0.5) is 11.5 Å². The molecule has 4 rings (SSSR count). The number of aromatic nitrogens is 2. The minimum atomic E-state index is -0.113. The minimum Gasteiger partial charge on any atom is -0.492 e. The van der Waals surface area contributed by atoms with E-state index < -0.39 is 0 Å². The van der Waals surface area contributed by atoms with Gasteiger partial charge in [-0.25, -0.2) is 4.98 Å². The van der Waals surface area contributed by atoms with E-state index in [2.05, 4.69) is 20.2 Å². The van der Waals surface area contributed by atoms with Crippen molar-refractivity contribution in [2.24, 2.45) is 5.92 Å². The monoisotopic (exact) mass is 382 g/mol. The number of fused-ring (bicyclic) bond motifs is 1. The van der Waals surface area contributed by atoms with Crippen LogP contribution in [0.2, 0.25) is 0 Å². The summed E-state index contributed by atoms with van der Waals surface area (Å²) in [5.74, 6) is 2.23. The summed E-state index contributed by atoms with van der Waals surface area (Å²) < 4.78 is 11.6. The molecular formula is C21H26N4O3. The maximum Gasteiger partial charge on any atom is 0.229 e. The average Bonchev–Trinajstić information content (AvgIpc) is 3.08. The Labute approximate surface area is 165 Å². The van der Waals surface area contributed by atoms with Crippen LogP contribution in [-0.2, 0) is 11.2 Å². The number of nitrogens with one attached hydrogen (secondary N) is 1. The molecule has 1 aromatic heterocycles. The van der Waals surface area contributed by atoms with Crippen LogP contribution in [0, 0.1) is 5.92 Å². The maximum atomic E-state index is 13.0. The van der Waals surface area contributed by atoms with Gasteiger partial charge < -0.3 is 19.7 Å². The summed E-state index contributed by atoms with van der Waals surface area (Å²) in [6, 6.07) is 3.88. The predicted octanol–water partition coefficient (Wildman–Crippen LogP) is 3.05. The van der Waals surface area contributed by atoms with Gasteiger partial charge in [-0.3, -0.25) is 9.78 Å². The van der Waals surface area contributed by atoms with Gasteiger partial charge >= 0.3 is 0 Å². The number of anilines is 2. The van der Waals surface area contributed by atoms with Crippen molar-refractivity contribution in [3.05, 3.63) is 36.3 Å². The Hall–Kier alpha value is -2.83. The van der Waals surface area contributed by atoms with E-state index in [1.165, 1.54) is 0 Å². The zero-order chi connectivity index (χ0) is 19.5.